The maximum Gasteiger partial charge on any atom is 0.253 e. The maximum absolute atomic E-state index is 13.2. The molecule has 3 aromatic rings. The summed E-state index contributed by atoms with van der Waals surface area (Å²) < 4.78 is 41.9. The zero-order valence-corrected chi connectivity index (χ0v) is 17.8. The van der Waals surface area contributed by atoms with Gasteiger partial charge in [-0.1, -0.05) is 11.6 Å². The molecule has 0 aliphatic heterocycles. The summed E-state index contributed by atoms with van der Waals surface area (Å²) in [5.41, 5.74) is 2.47. The van der Waals surface area contributed by atoms with Crippen molar-refractivity contribution < 1.29 is 17.6 Å². The van der Waals surface area contributed by atoms with Gasteiger partial charge in [-0.25, -0.2) is 17.5 Å². The van der Waals surface area contributed by atoms with Gasteiger partial charge >= 0.3 is 0 Å². The molecular formula is C19H19ClFN5O3S. The van der Waals surface area contributed by atoms with Gasteiger partial charge in [-0.05, 0) is 43.3 Å². The van der Waals surface area contributed by atoms with Crippen molar-refractivity contribution in [2.24, 2.45) is 7.05 Å². The van der Waals surface area contributed by atoms with Crippen molar-refractivity contribution in [3.05, 3.63) is 76.1 Å². The highest BCUT2D eigenvalue weighted by atomic mass is 35.5. The van der Waals surface area contributed by atoms with E-state index in [4.69, 9.17) is 11.6 Å². The first-order valence-electron chi connectivity index (χ1n) is 8.83. The summed E-state index contributed by atoms with van der Waals surface area (Å²) in [4.78, 5) is 16.2. The van der Waals surface area contributed by atoms with Crippen LogP contribution in [0.5, 0.6) is 0 Å². The molecule has 0 bridgehead atoms. The van der Waals surface area contributed by atoms with E-state index in [0.29, 0.717) is 17.8 Å². The summed E-state index contributed by atoms with van der Waals surface area (Å²) in [6.07, 6.45) is 1.36. The molecule has 2 aromatic heterocycles. The van der Waals surface area contributed by atoms with Gasteiger partial charge in [-0.3, -0.25) is 14.5 Å². The van der Waals surface area contributed by atoms with Crippen LogP contribution in [0.4, 0.5) is 4.39 Å². The summed E-state index contributed by atoms with van der Waals surface area (Å²) in [5.74, 6) is -1.01. The molecule has 0 radical (unpaired) electrons. The van der Waals surface area contributed by atoms with Crippen molar-refractivity contribution in [3.63, 3.8) is 0 Å². The molecule has 0 unspecified atom stereocenters. The van der Waals surface area contributed by atoms with Crippen LogP contribution in [0.2, 0.25) is 5.02 Å². The molecule has 0 saturated heterocycles. The highest BCUT2D eigenvalue weighted by Crippen LogP contribution is 2.19. The molecule has 1 amide bonds. The predicted molar refractivity (Wildman–Crippen MR) is 109 cm³/mol. The fraction of sp³-hybridized carbons (Fsp3) is 0.211. The highest BCUT2D eigenvalue weighted by molar-refractivity contribution is 7.89. The Morgan fingerprint density at radius 1 is 1.20 bits per heavy atom. The van der Waals surface area contributed by atoms with Crippen LogP contribution in [-0.4, -0.2) is 29.1 Å². The minimum Gasteiger partial charge on any atom is -0.346 e. The second-order valence-electron chi connectivity index (χ2n) is 6.52. The number of carbonyl (C=O) groups is 1. The molecule has 2 heterocycles. The molecule has 1 aromatic carbocycles. The van der Waals surface area contributed by atoms with Crippen molar-refractivity contribution in [3.8, 4) is 0 Å². The number of hydrogen-bond acceptors (Lipinski definition) is 5. The SMILES string of the molecule is Cc1cc(CNC(=O)c2ccc(CNS(=O)(=O)c3ccc(F)c(Cl)c3)nc2)n(C)n1. The fourth-order valence-corrected chi connectivity index (χ4v) is 3.93. The standard InChI is InChI=1S/C19H19ClFN5O3S/c1-12-7-15(26(2)25-12)11-23-19(27)13-3-4-14(22-9-13)10-24-30(28,29)16-5-6-18(21)17(20)8-16/h3-9,24H,10-11H2,1-2H3,(H,23,27). The lowest BCUT2D eigenvalue weighted by Gasteiger charge is -2.08. The maximum atomic E-state index is 13.2. The van der Waals surface area contributed by atoms with E-state index in [-0.39, 0.29) is 22.4 Å². The summed E-state index contributed by atoms with van der Waals surface area (Å²) in [7, 11) is -2.10. The van der Waals surface area contributed by atoms with Crippen LogP contribution in [0.1, 0.15) is 27.4 Å². The Hall–Kier alpha value is -2.82. The number of nitrogens with one attached hydrogen (secondary N) is 2. The molecule has 158 valence electrons. The normalized spacial score (nSPS) is 11.5. The Bertz CT molecular complexity index is 1180. The molecule has 11 heteroatoms. The van der Waals surface area contributed by atoms with Gasteiger partial charge in [0, 0.05) is 13.2 Å². The van der Waals surface area contributed by atoms with E-state index in [9.17, 15) is 17.6 Å². The summed E-state index contributed by atoms with van der Waals surface area (Å²) in [6, 6.07) is 8.11. The molecule has 0 atom stereocenters. The molecule has 0 spiro atoms. The second-order valence-corrected chi connectivity index (χ2v) is 8.70. The number of nitrogens with zero attached hydrogens (tertiary/aromatic N) is 3. The molecule has 0 aliphatic carbocycles. The van der Waals surface area contributed by atoms with Gasteiger partial charge < -0.3 is 5.32 Å². The van der Waals surface area contributed by atoms with Crippen molar-refractivity contribution in [2.45, 2.75) is 24.9 Å². The Morgan fingerprint density at radius 3 is 2.57 bits per heavy atom. The van der Waals surface area contributed by atoms with Crippen LogP contribution < -0.4 is 10.0 Å². The number of hydrogen-bond donors (Lipinski definition) is 2. The highest BCUT2D eigenvalue weighted by Gasteiger charge is 2.16. The van der Waals surface area contributed by atoms with Gasteiger partial charge in [-0.15, -0.1) is 0 Å². The zero-order chi connectivity index (χ0) is 21.9. The summed E-state index contributed by atoms with van der Waals surface area (Å²) in [6.45, 7) is 2.08. The van der Waals surface area contributed by atoms with Crippen LogP contribution in [0.3, 0.4) is 0 Å². The quantitative estimate of drug-likeness (QED) is 0.573. The number of pyridine rings is 1. The Labute approximate surface area is 178 Å². The van der Waals surface area contributed by atoms with Gasteiger partial charge in [0.05, 0.1) is 45.7 Å². The molecule has 8 nitrogen and oxygen atoms in total. The number of rotatable bonds is 7. The van der Waals surface area contributed by atoms with E-state index in [2.05, 4.69) is 20.1 Å². The first kappa shape index (κ1) is 21.9. The number of carbonyl (C=O) groups excluding carboxylic acids is 1. The lowest BCUT2D eigenvalue weighted by Crippen LogP contribution is -2.25. The van der Waals surface area contributed by atoms with Gasteiger partial charge in [0.15, 0.2) is 0 Å². The molecule has 30 heavy (non-hydrogen) atoms. The van der Waals surface area contributed by atoms with Crippen LogP contribution in [0, 0.1) is 12.7 Å². The van der Waals surface area contributed by atoms with E-state index >= 15 is 0 Å². The number of aromatic nitrogens is 3. The van der Waals surface area contributed by atoms with Crippen LogP contribution in [-0.2, 0) is 30.2 Å². The molecule has 0 saturated carbocycles. The Kier molecular flexibility index (Phi) is 6.49. The number of halogens is 2. The van der Waals surface area contributed by atoms with E-state index in [1.165, 1.54) is 6.20 Å². The molecular weight excluding hydrogens is 433 g/mol. The third-order valence-electron chi connectivity index (χ3n) is 4.26. The van der Waals surface area contributed by atoms with Crippen LogP contribution >= 0.6 is 11.6 Å². The molecule has 0 fully saturated rings. The molecule has 2 N–H and O–H groups in total. The predicted octanol–water partition coefficient (Wildman–Crippen LogP) is 2.32. The van der Waals surface area contributed by atoms with Crippen LogP contribution in [0.25, 0.3) is 0 Å². The van der Waals surface area contributed by atoms with E-state index < -0.39 is 15.8 Å². The van der Waals surface area contributed by atoms with Crippen molar-refractivity contribution >= 4 is 27.5 Å². The minimum absolute atomic E-state index is 0.104. The topological polar surface area (TPSA) is 106 Å². The monoisotopic (exact) mass is 451 g/mol. The average molecular weight is 452 g/mol. The second kappa shape index (κ2) is 8.90. The first-order valence-corrected chi connectivity index (χ1v) is 10.7. The van der Waals surface area contributed by atoms with Gasteiger partial charge in [-0.2, -0.15) is 5.10 Å². The van der Waals surface area contributed by atoms with Crippen LogP contribution in [0.15, 0.2) is 47.5 Å². The lowest BCUT2D eigenvalue weighted by atomic mass is 10.2. The van der Waals surface area contributed by atoms with Crippen molar-refractivity contribution in [1.29, 1.82) is 0 Å². The summed E-state index contributed by atoms with van der Waals surface area (Å²) >= 11 is 5.64. The minimum atomic E-state index is -3.89. The number of aryl methyl sites for hydroxylation is 2. The average Bonchev–Trinajstić information content (AvgIpc) is 3.04. The lowest BCUT2D eigenvalue weighted by molar-refractivity contribution is 0.0949. The first-order chi connectivity index (χ1) is 14.2. The molecule has 3 rings (SSSR count). The van der Waals surface area contributed by atoms with Gasteiger partial charge in [0.25, 0.3) is 5.91 Å². The van der Waals surface area contributed by atoms with E-state index in [1.807, 2.05) is 13.0 Å². The number of benzene rings is 1. The Balaban J connectivity index is 1.59. The third-order valence-corrected chi connectivity index (χ3v) is 5.95. The van der Waals surface area contributed by atoms with E-state index in [1.54, 1.807) is 23.9 Å². The smallest absolute Gasteiger partial charge is 0.253 e. The van der Waals surface area contributed by atoms with Gasteiger partial charge in [0.2, 0.25) is 10.0 Å². The van der Waals surface area contributed by atoms with Gasteiger partial charge in [0.1, 0.15) is 5.82 Å². The Morgan fingerprint density at radius 2 is 1.97 bits per heavy atom. The molecule has 0 aliphatic rings. The largest absolute Gasteiger partial charge is 0.346 e. The number of amides is 1. The summed E-state index contributed by atoms with van der Waals surface area (Å²) in [5, 5.41) is 6.71. The third kappa shape index (κ3) is 5.21. The zero-order valence-electron chi connectivity index (χ0n) is 16.2. The number of sulfonamides is 1. The van der Waals surface area contributed by atoms with E-state index in [0.717, 1.165) is 29.6 Å². The van der Waals surface area contributed by atoms with Crippen molar-refractivity contribution in [1.82, 2.24) is 24.8 Å². The van der Waals surface area contributed by atoms with Crippen molar-refractivity contribution in [2.75, 3.05) is 0 Å². The fourth-order valence-electron chi connectivity index (χ4n) is 2.66.